The van der Waals surface area contributed by atoms with Gasteiger partial charge in [0.25, 0.3) is 0 Å². The molecule has 1 aromatic rings. The summed E-state index contributed by atoms with van der Waals surface area (Å²) in [6, 6.07) is 0.280. The molecule has 0 aromatic carbocycles. The van der Waals surface area contributed by atoms with Crippen molar-refractivity contribution in [3.63, 3.8) is 0 Å². The molecule has 7 heteroatoms. The van der Waals surface area contributed by atoms with Gasteiger partial charge in [0.2, 0.25) is 5.95 Å². The first kappa shape index (κ1) is 15.4. The summed E-state index contributed by atoms with van der Waals surface area (Å²) in [5.41, 5.74) is 0. The van der Waals surface area contributed by atoms with Gasteiger partial charge < -0.3 is 14.9 Å². The number of hydrogen-bond acceptors (Lipinski definition) is 6. The number of rotatable bonds is 4. The second-order valence-electron chi connectivity index (χ2n) is 6.13. The van der Waals surface area contributed by atoms with Crippen molar-refractivity contribution in [3.05, 3.63) is 12.0 Å². The van der Waals surface area contributed by atoms with E-state index in [2.05, 4.69) is 26.8 Å². The van der Waals surface area contributed by atoms with Crippen LogP contribution < -0.4 is 9.80 Å². The van der Waals surface area contributed by atoms with Crippen LogP contribution in [0, 0.1) is 5.82 Å². The number of hydrogen-bond donors (Lipinski definition) is 1. The summed E-state index contributed by atoms with van der Waals surface area (Å²) in [7, 11) is 2.07. The molecule has 1 unspecified atom stereocenters. The van der Waals surface area contributed by atoms with Crippen LogP contribution >= 0.6 is 0 Å². The molecule has 0 saturated carbocycles. The van der Waals surface area contributed by atoms with Crippen molar-refractivity contribution >= 4 is 11.8 Å². The minimum atomic E-state index is -0.341. The molecule has 0 radical (unpaired) electrons. The zero-order valence-electron chi connectivity index (χ0n) is 13.1. The van der Waals surface area contributed by atoms with Gasteiger partial charge in [-0.25, -0.2) is 9.37 Å². The van der Waals surface area contributed by atoms with E-state index in [1.807, 2.05) is 4.90 Å². The third-order valence-corrected chi connectivity index (χ3v) is 4.64. The minimum Gasteiger partial charge on any atom is -0.396 e. The lowest BCUT2D eigenvalue weighted by Gasteiger charge is -2.39. The van der Waals surface area contributed by atoms with E-state index in [1.54, 1.807) is 0 Å². The standard InChI is InChI=1S/C15H24FN5O/c1-19-7-8-21(11-12(19)4-9-22)15-17-10-13(16)14(18-15)20-5-2-3-6-20/h10,12,22H,2-9,11H2,1H3. The highest BCUT2D eigenvalue weighted by molar-refractivity contribution is 5.46. The summed E-state index contributed by atoms with van der Waals surface area (Å²) in [6.45, 7) is 4.38. The van der Waals surface area contributed by atoms with Crippen LogP contribution in [0.25, 0.3) is 0 Å². The molecule has 22 heavy (non-hydrogen) atoms. The molecule has 0 aliphatic carbocycles. The molecule has 1 N–H and O–H groups in total. The predicted octanol–water partition coefficient (Wildman–Crippen LogP) is 0.719. The van der Waals surface area contributed by atoms with Crippen molar-refractivity contribution < 1.29 is 9.50 Å². The fourth-order valence-corrected chi connectivity index (χ4v) is 3.24. The Morgan fingerprint density at radius 2 is 2.00 bits per heavy atom. The number of halogens is 1. The molecule has 0 amide bonds. The molecule has 1 aromatic heterocycles. The Kier molecular flexibility index (Phi) is 4.73. The quantitative estimate of drug-likeness (QED) is 0.884. The van der Waals surface area contributed by atoms with Crippen LogP contribution in [0.2, 0.25) is 0 Å². The van der Waals surface area contributed by atoms with Gasteiger partial charge in [0, 0.05) is 45.4 Å². The lowest BCUT2D eigenvalue weighted by molar-refractivity contribution is 0.170. The van der Waals surface area contributed by atoms with Crippen LogP contribution in [-0.4, -0.2) is 72.4 Å². The number of piperazine rings is 1. The fraction of sp³-hybridized carbons (Fsp3) is 0.733. The van der Waals surface area contributed by atoms with Gasteiger partial charge in [-0.1, -0.05) is 0 Å². The monoisotopic (exact) mass is 309 g/mol. The van der Waals surface area contributed by atoms with Crippen molar-refractivity contribution in [3.8, 4) is 0 Å². The van der Waals surface area contributed by atoms with Crippen LogP contribution in [0.4, 0.5) is 16.2 Å². The molecule has 3 heterocycles. The maximum Gasteiger partial charge on any atom is 0.227 e. The Hall–Kier alpha value is -1.47. The van der Waals surface area contributed by atoms with E-state index in [-0.39, 0.29) is 18.5 Å². The summed E-state index contributed by atoms with van der Waals surface area (Å²) in [4.78, 5) is 15.0. The first-order valence-electron chi connectivity index (χ1n) is 8.02. The lowest BCUT2D eigenvalue weighted by Crippen LogP contribution is -2.52. The Balaban J connectivity index is 1.78. The lowest BCUT2D eigenvalue weighted by atomic mass is 10.1. The summed E-state index contributed by atoms with van der Waals surface area (Å²) in [6.07, 6.45) is 4.19. The average molecular weight is 309 g/mol. The third kappa shape index (κ3) is 3.15. The predicted molar refractivity (Wildman–Crippen MR) is 83.8 cm³/mol. The maximum absolute atomic E-state index is 14.0. The third-order valence-electron chi connectivity index (χ3n) is 4.64. The SMILES string of the molecule is CN1CCN(c2ncc(F)c(N3CCCC3)n2)CC1CCO. The molecular formula is C15H24FN5O. The van der Waals surface area contributed by atoms with E-state index < -0.39 is 0 Å². The van der Waals surface area contributed by atoms with Gasteiger partial charge in [-0.15, -0.1) is 0 Å². The van der Waals surface area contributed by atoms with E-state index in [0.717, 1.165) is 52.0 Å². The van der Waals surface area contributed by atoms with Crippen LogP contribution in [0.1, 0.15) is 19.3 Å². The number of aliphatic hydroxyl groups excluding tert-OH is 1. The van der Waals surface area contributed by atoms with E-state index in [0.29, 0.717) is 11.8 Å². The van der Waals surface area contributed by atoms with Gasteiger partial charge >= 0.3 is 0 Å². The topological polar surface area (TPSA) is 55.7 Å². The molecule has 1 atom stereocenters. The zero-order chi connectivity index (χ0) is 15.5. The largest absolute Gasteiger partial charge is 0.396 e. The Labute approximate surface area is 130 Å². The highest BCUT2D eigenvalue weighted by atomic mass is 19.1. The normalized spacial score (nSPS) is 23.3. The van der Waals surface area contributed by atoms with Crippen LogP contribution in [0.15, 0.2) is 6.20 Å². The van der Waals surface area contributed by atoms with Gasteiger partial charge in [0.1, 0.15) is 0 Å². The highest BCUT2D eigenvalue weighted by Gasteiger charge is 2.27. The summed E-state index contributed by atoms with van der Waals surface area (Å²) in [5.74, 6) is 0.686. The van der Waals surface area contributed by atoms with Crippen molar-refractivity contribution in [2.75, 3.05) is 56.2 Å². The summed E-state index contributed by atoms with van der Waals surface area (Å²) in [5, 5.41) is 9.18. The van der Waals surface area contributed by atoms with E-state index in [4.69, 9.17) is 0 Å². The minimum absolute atomic E-state index is 0.173. The molecular weight excluding hydrogens is 285 g/mol. The summed E-state index contributed by atoms with van der Waals surface area (Å²) >= 11 is 0. The molecule has 2 fully saturated rings. The van der Waals surface area contributed by atoms with E-state index in [9.17, 15) is 9.50 Å². The van der Waals surface area contributed by atoms with Crippen molar-refractivity contribution in [1.29, 1.82) is 0 Å². The molecule has 6 nitrogen and oxygen atoms in total. The second-order valence-corrected chi connectivity index (χ2v) is 6.13. The number of anilines is 2. The smallest absolute Gasteiger partial charge is 0.227 e. The maximum atomic E-state index is 14.0. The van der Waals surface area contributed by atoms with Gasteiger partial charge in [-0.2, -0.15) is 4.98 Å². The molecule has 3 rings (SSSR count). The van der Waals surface area contributed by atoms with Crippen LogP contribution in [0.3, 0.4) is 0 Å². The van der Waals surface area contributed by atoms with Crippen LogP contribution in [-0.2, 0) is 0 Å². The Morgan fingerprint density at radius 3 is 2.73 bits per heavy atom. The van der Waals surface area contributed by atoms with Gasteiger partial charge in [-0.3, -0.25) is 4.90 Å². The molecule has 2 saturated heterocycles. The zero-order valence-corrected chi connectivity index (χ0v) is 13.1. The first-order valence-corrected chi connectivity index (χ1v) is 8.02. The molecule has 2 aliphatic heterocycles. The fourth-order valence-electron chi connectivity index (χ4n) is 3.24. The first-order chi connectivity index (χ1) is 10.7. The number of aromatic nitrogens is 2. The van der Waals surface area contributed by atoms with Crippen molar-refractivity contribution in [2.45, 2.75) is 25.3 Å². The highest BCUT2D eigenvalue weighted by Crippen LogP contribution is 2.24. The van der Waals surface area contributed by atoms with Gasteiger partial charge in [0.05, 0.1) is 6.20 Å². The number of aliphatic hydroxyl groups is 1. The average Bonchev–Trinajstić information content (AvgIpc) is 3.04. The van der Waals surface area contributed by atoms with Gasteiger partial charge in [0.15, 0.2) is 11.6 Å². The number of likely N-dealkylation sites (N-methyl/N-ethyl adjacent to an activating group) is 1. The Morgan fingerprint density at radius 1 is 1.23 bits per heavy atom. The molecule has 0 bridgehead atoms. The molecule has 2 aliphatic rings. The van der Waals surface area contributed by atoms with E-state index in [1.165, 1.54) is 6.20 Å². The molecule has 122 valence electrons. The second kappa shape index (κ2) is 6.75. The summed E-state index contributed by atoms with van der Waals surface area (Å²) < 4.78 is 14.0. The number of nitrogens with zero attached hydrogens (tertiary/aromatic N) is 5. The van der Waals surface area contributed by atoms with Crippen molar-refractivity contribution in [1.82, 2.24) is 14.9 Å². The van der Waals surface area contributed by atoms with Crippen molar-refractivity contribution in [2.24, 2.45) is 0 Å². The molecule has 0 spiro atoms. The van der Waals surface area contributed by atoms with E-state index >= 15 is 0 Å². The Bertz CT molecular complexity index is 509. The van der Waals surface area contributed by atoms with Gasteiger partial charge in [-0.05, 0) is 26.3 Å². The van der Waals surface area contributed by atoms with Crippen LogP contribution in [0.5, 0.6) is 0 Å².